The van der Waals surface area contributed by atoms with E-state index in [1.807, 2.05) is 0 Å². The van der Waals surface area contributed by atoms with E-state index in [4.69, 9.17) is 0 Å². The predicted octanol–water partition coefficient (Wildman–Crippen LogP) is 12.8. The van der Waals surface area contributed by atoms with Crippen LogP contribution in [0.3, 0.4) is 0 Å². The average molecular weight is 565 g/mol. The standard InChI is InChI=1S/C44H36/c1-43(2,3)29-19-28-20-30(44(4,5)6)22-37-35-24-38-33(23-34(35)36(21-29)41(28)37)31-17-15-26-13-10-14-27-16-18-32(42(31)39(26)27)40(38)25-11-8-7-9-12-25/h7-24H,1-6H3. The summed E-state index contributed by atoms with van der Waals surface area (Å²) in [5.74, 6) is 0. The fourth-order valence-corrected chi connectivity index (χ4v) is 7.86. The van der Waals surface area contributed by atoms with Crippen LogP contribution in [0.5, 0.6) is 0 Å². The highest BCUT2D eigenvalue weighted by atomic mass is 14.3. The molecule has 0 nitrogen and oxygen atoms in total. The van der Waals surface area contributed by atoms with Crippen molar-refractivity contribution in [3.05, 3.63) is 120 Å². The fraction of sp³-hybridized carbons (Fsp3) is 0.182. The van der Waals surface area contributed by atoms with Crippen LogP contribution >= 0.6 is 0 Å². The molecule has 0 fully saturated rings. The molecule has 8 aromatic rings. The van der Waals surface area contributed by atoms with Gasteiger partial charge in [-0.3, -0.25) is 0 Å². The van der Waals surface area contributed by atoms with Crippen molar-refractivity contribution in [2.45, 2.75) is 52.4 Å². The molecule has 0 heteroatoms. The minimum absolute atomic E-state index is 0.0569. The van der Waals surface area contributed by atoms with Gasteiger partial charge in [-0.25, -0.2) is 0 Å². The van der Waals surface area contributed by atoms with E-state index in [0.717, 1.165) is 0 Å². The van der Waals surface area contributed by atoms with Crippen molar-refractivity contribution in [1.82, 2.24) is 0 Å². The van der Waals surface area contributed by atoms with Crippen LogP contribution < -0.4 is 0 Å². The highest BCUT2D eigenvalue weighted by Gasteiger charge is 2.29. The lowest BCUT2D eigenvalue weighted by Gasteiger charge is -2.23. The second-order valence-corrected chi connectivity index (χ2v) is 15.0. The normalized spacial score (nSPS) is 13.2. The summed E-state index contributed by atoms with van der Waals surface area (Å²) < 4.78 is 0. The highest BCUT2D eigenvalue weighted by Crippen LogP contribution is 2.54. The zero-order chi connectivity index (χ0) is 30.1. The third-order valence-electron chi connectivity index (χ3n) is 10.2. The minimum Gasteiger partial charge on any atom is -0.0622 e. The summed E-state index contributed by atoms with van der Waals surface area (Å²) in [6, 6.07) is 42.0. The van der Waals surface area contributed by atoms with Gasteiger partial charge in [0.1, 0.15) is 0 Å². The monoisotopic (exact) mass is 564 g/mol. The minimum atomic E-state index is 0.0569. The number of benzene rings is 8. The maximum absolute atomic E-state index is 2.53. The van der Waals surface area contributed by atoms with Crippen molar-refractivity contribution in [2.24, 2.45) is 0 Å². The molecule has 0 radical (unpaired) electrons. The van der Waals surface area contributed by atoms with Gasteiger partial charge >= 0.3 is 0 Å². The van der Waals surface area contributed by atoms with E-state index in [2.05, 4.69) is 151 Å². The number of rotatable bonds is 1. The van der Waals surface area contributed by atoms with Gasteiger partial charge in [-0.2, -0.15) is 0 Å². The van der Waals surface area contributed by atoms with E-state index >= 15 is 0 Å². The van der Waals surface area contributed by atoms with Crippen LogP contribution in [0.1, 0.15) is 52.7 Å². The van der Waals surface area contributed by atoms with E-state index in [-0.39, 0.29) is 10.8 Å². The largest absolute Gasteiger partial charge is 0.0622 e. The Labute approximate surface area is 259 Å². The smallest absolute Gasteiger partial charge is 0.00141 e. The Bertz CT molecular complexity index is 2460. The Balaban J connectivity index is 1.50. The molecule has 44 heavy (non-hydrogen) atoms. The summed E-state index contributed by atoms with van der Waals surface area (Å²) in [6.45, 7) is 14.0. The quantitative estimate of drug-likeness (QED) is 0.137. The molecule has 0 aromatic heterocycles. The van der Waals surface area contributed by atoms with E-state index in [1.54, 1.807) is 0 Å². The molecule has 0 bridgehead atoms. The van der Waals surface area contributed by atoms with Gasteiger partial charge in [-0.1, -0.05) is 126 Å². The highest BCUT2D eigenvalue weighted by molar-refractivity contribution is 6.34. The molecule has 0 spiro atoms. The first-order valence-corrected chi connectivity index (χ1v) is 15.9. The Hall–Kier alpha value is -4.68. The Morgan fingerprint density at radius 2 is 0.932 bits per heavy atom. The molecule has 0 aliphatic heterocycles. The lowest BCUT2D eigenvalue weighted by atomic mass is 9.81. The van der Waals surface area contributed by atoms with E-state index in [1.165, 1.54) is 98.4 Å². The van der Waals surface area contributed by atoms with E-state index in [9.17, 15) is 0 Å². The second-order valence-electron chi connectivity index (χ2n) is 15.0. The van der Waals surface area contributed by atoms with Crippen molar-refractivity contribution >= 4 is 53.9 Å². The molecule has 0 atom stereocenters. The van der Waals surface area contributed by atoms with Crippen molar-refractivity contribution in [2.75, 3.05) is 0 Å². The third-order valence-corrected chi connectivity index (χ3v) is 10.2. The fourth-order valence-electron chi connectivity index (χ4n) is 7.86. The molecular formula is C44H36. The molecule has 0 amide bonds. The van der Waals surface area contributed by atoms with Crippen LogP contribution in [0.15, 0.2) is 109 Å². The average Bonchev–Trinajstić information content (AvgIpc) is 3.31. The third kappa shape index (κ3) is 3.46. The lowest BCUT2D eigenvalue weighted by molar-refractivity contribution is 0.589. The molecule has 0 heterocycles. The lowest BCUT2D eigenvalue weighted by Crippen LogP contribution is -2.12. The summed E-state index contributed by atoms with van der Waals surface area (Å²) in [5, 5.41) is 13.5. The van der Waals surface area contributed by atoms with Crippen molar-refractivity contribution in [1.29, 1.82) is 0 Å². The summed E-state index contributed by atoms with van der Waals surface area (Å²) >= 11 is 0. The van der Waals surface area contributed by atoms with Crippen LogP contribution in [0.4, 0.5) is 0 Å². The van der Waals surface area contributed by atoms with Crippen LogP contribution in [-0.2, 0) is 10.8 Å². The summed E-state index contributed by atoms with van der Waals surface area (Å²) in [6.07, 6.45) is 0. The maximum Gasteiger partial charge on any atom is -0.00141 e. The predicted molar refractivity (Wildman–Crippen MR) is 192 cm³/mol. The van der Waals surface area contributed by atoms with Gasteiger partial charge < -0.3 is 0 Å². The number of fused-ring (bicyclic) bond motifs is 5. The van der Waals surface area contributed by atoms with Crippen LogP contribution in [0.2, 0.25) is 0 Å². The summed E-state index contributed by atoms with van der Waals surface area (Å²) in [7, 11) is 0. The maximum atomic E-state index is 2.53. The zero-order valence-corrected chi connectivity index (χ0v) is 26.4. The Morgan fingerprint density at radius 1 is 0.364 bits per heavy atom. The van der Waals surface area contributed by atoms with Crippen molar-refractivity contribution in [3.63, 3.8) is 0 Å². The molecule has 0 N–H and O–H groups in total. The van der Waals surface area contributed by atoms with Crippen molar-refractivity contribution in [3.8, 4) is 33.4 Å². The molecule has 1 aliphatic carbocycles. The summed E-state index contributed by atoms with van der Waals surface area (Å²) in [5.41, 5.74) is 11.0. The molecule has 9 rings (SSSR count). The first kappa shape index (κ1) is 25.8. The van der Waals surface area contributed by atoms with E-state index < -0.39 is 0 Å². The first-order chi connectivity index (χ1) is 21.1. The second kappa shape index (κ2) is 8.48. The first-order valence-electron chi connectivity index (χ1n) is 15.9. The Morgan fingerprint density at radius 3 is 1.52 bits per heavy atom. The molecule has 0 saturated carbocycles. The SMILES string of the molecule is CC(C)(C)c1cc2c3c(cc(C(C)(C)C)cc3c1)-c1cc3c(cc1-2)c(-c1ccccc1)c1ccc2cccc4ccc3c1c24. The van der Waals surface area contributed by atoms with Gasteiger partial charge in [0.15, 0.2) is 0 Å². The van der Waals surface area contributed by atoms with Gasteiger partial charge in [0.25, 0.3) is 0 Å². The molecular weight excluding hydrogens is 528 g/mol. The van der Waals surface area contributed by atoms with Crippen LogP contribution in [0, 0.1) is 0 Å². The van der Waals surface area contributed by atoms with Gasteiger partial charge in [0.2, 0.25) is 0 Å². The Kier molecular flexibility index (Phi) is 4.97. The van der Waals surface area contributed by atoms with Gasteiger partial charge in [-0.05, 0) is 133 Å². The number of hydrogen-bond donors (Lipinski definition) is 0. The van der Waals surface area contributed by atoms with Crippen molar-refractivity contribution < 1.29 is 0 Å². The van der Waals surface area contributed by atoms with Crippen LogP contribution in [-0.4, -0.2) is 0 Å². The van der Waals surface area contributed by atoms with E-state index in [0.29, 0.717) is 0 Å². The van der Waals surface area contributed by atoms with Gasteiger partial charge in [0.05, 0.1) is 0 Å². The topological polar surface area (TPSA) is 0 Å². The zero-order valence-electron chi connectivity index (χ0n) is 26.4. The molecule has 0 unspecified atom stereocenters. The van der Waals surface area contributed by atoms with Gasteiger partial charge in [0, 0.05) is 0 Å². The molecule has 8 aromatic carbocycles. The van der Waals surface area contributed by atoms with Gasteiger partial charge in [-0.15, -0.1) is 0 Å². The molecule has 1 aliphatic rings. The molecule has 212 valence electrons. The number of hydrogen-bond acceptors (Lipinski definition) is 0. The van der Waals surface area contributed by atoms with Crippen LogP contribution in [0.25, 0.3) is 87.2 Å². The molecule has 0 saturated heterocycles. The summed E-state index contributed by atoms with van der Waals surface area (Å²) in [4.78, 5) is 0.